The number of anilines is 2. The van der Waals surface area contributed by atoms with E-state index in [4.69, 9.17) is 4.74 Å². The second-order valence-electron chi connectivity index (χ2n) is 6.52. The van der Waals surface area contributed by atoms with Crippen molar-refractivity contribution in [3.05, 3.63) is 30.4 Å². The summed E-state index contributed by atoms with van der Waals surface area (Å²) in [6.45, 7) is 0.648. The standard InChI is InChI=1S/C19H22N2O5/c1-26-16-11-12(8-9-15(16)21-10-4-7-17(21)22)20-18(23)13-5-2-3-6-14(13)19(24)25/h2-3,8-9,11,13-14H,4-7,10H2,1H3,(H,20,23)(H,24,25)/t13-,14-/m1/s1. The Bertz CT molecular complexity index is 758. The summed E-state index contributed by atoms with van der Waals surface area (Å²) in [5, 5.41) is 12.1. The first-order chi connectivity index (χ1) is 12.5. The molecule has 0 saturated carbocycles. The Balaban J connectivity index is 1.77. The molecule has 1 fully saturated rings. The highest BCUT2D eigenvalue weighted by molar-refractivity contribution is 5.98. The lowest BCUT2D eigenvalue weighted by Gasteiger charge is -2.24. The monoisotopic (exact) mass is 358 g/mol. The number of carbonyl (C=O) groups is 3. The number of amides is 2. The summed E-state index contributed by atoms with van der Waals surface area (Å²) in [6.07, 6.45) is 5.73. The van der Waals surface area contributed by atoms with Gasteiger partial charge in [-0.15, -0.1) is 0 Å². The van der Waals surface area contributed by atoms with Gasteiger partial charge < -0.3 is 20.1 Å². The van der Waals surface area contributed by atoms with Crippen molar-refractivity contribution in [2.45, 2.75) is 25.7 Å². The van der Waals surface area contributed by atoms with E-state index < -0.39 is 17.8 Å². The van der Waals surface area contributed by atoms with Gasteiger partial charge in [0.25, 0.3) is 0 Å². The van der Waals surface area contributed by atoms with Crippen molar-refractivity contribution in [3.8, 4) is 5.75 Å². The zero-order chi connectivity index (χ0) is 18.7. The van der Waals surface area contributed by atoms with Gasteiger partial charge in [0.2, 0.25) is 11.8 Å². The van der Waals surface area contributed by atoms with Crippen molar-refractivity contribution in [2.75, 3.05) is 23.9 Å². The molecule has 2 amide bonds. The number of nitrogens with zero attached hydrogens (tertiary/aromatic N) is 1. The predicted octanol–water partition coefficient (Wildman–Crippen LogP) is 2.43. The fourth-order valence-electron chi connectivity index (χ4n) is 3.49. The molecule has 7 heteroatoms. The van der Waals surface area contributed by atoms with E-state index in [-0.39, 0.29) is 11.8 Å². The quantitative estimate of drug-likeness (QED) is 0.788. The SMILES string of the molecule is COc1cc(NC(=O)[C@@H]2CC=CC[C@H]2C(=O)O)ccc1N1CCCC1=O. The van der Waals surface area contributed by atoms with Crippen molar-refractivity contribution in [3.63, 3.8) is 0 Å². The molecule has 26 heavy (non-hydrogen) atoms. The maximum Gasteiger partial charge on any atom is 0.307 e. The Morgan fingerprint density at radius 2 is 1.96 bits per heavy atom. The number of aliphatic carboxylic acids is 1. The van der Waals surface area contributed by atoms with Gasteiger partial charge in [0.15, 0.2) is 0 Å². The van der Waals surface area contributed by atoms with E-state index in [0.29, 0.717) is 42.9 Å². The molecule has 1 aliphatic carbocycles. The van der Waals surface area contributed by atoms with Crippen LogP contribution in [0.1, 0.15) is 25.7 Å². The Labute approximate surface area is 151 Å². The lowest BCUT2D eigenvalue weighted by Crippen LogP contribution is -2.34. The van der Waals surface area contributed by atoms with Gasteiger partial charge in [-0.2, -0.15) is 0 Å². The first-order valence-corrected chi connectivity index (χ1v) is 8.68. The average molecular weight is 358 g/mol. The third-order valence-electron chi connectivity index (χ3n) is 4.90. The van der Waals surface area contributed by atoms with Gasteiger partial charge in [0.1, 0.15) is 5.75 Å². The van der Waals surface area contributed by atoms with Gasteiger partial charge in [-0.1, -0.05) is 12.2 Å². The topological polar surface area (TPSA) is 95.9 Å². The number of hydrogen-bond acceptors (Lipinski definition) is 4. The molecule has 0 spiro atoms. The highest BCUT2D eigenvalue weighted by Crippen LogP contribution is 2.34. The Morgan fingerprint density at radius 3 is 2.58 bits per heavy atom. The molecule has 1 aromatic carbocycles. The summed E-state index contributed by atoms with van der Waals surface area (Å²) in [5.74, 6) is -2.06. The van der Waals surface area contributed by atoms with Gasteiger partial charge in [0, 0.05) is 24.7 Å². The molecule has 0 radical (unpaired) electrons. The summed E-state index contributed by atoms with van der Waals surface area (Å²) >= 11 is 0. The van der Waals surface area contributed by atoms with Gasteiger partial charge in [-0.25, -0.2) is 0 Å². The predicted molar refractivity (Wildman–Crippen MR) is 96.2 cm³/mol. The van der Waals surface area contributed by atoms with Crippen molar-refractivity contribution in [1.29, 1.82) is 0 Å². The third kappa shape index (κ3) is 3.56. The molecule has 7 nitrogen and oxygen atoms in total. The van der Waals surface area contributed by atoms with E-state index in [1.807, 2.05) is 6.08 Å². The zero-order valence-electron chi connectivity index (χ0n) is 14.6. The molecule has 1 aliphatic heterocycles. The molecular formula is C19H22N2O5. The van der Waals surface area contributed by atoms with Crippen LogP contribution in [0.3, 0.4) is 0 Å². The number of ether oxygens (including phenoxy) is 1. The zero-order valence-corrected chi connectivity index (χ0v) is 14.6. The van der Waals surface area contributed by atoms with E-state index in [0.717, 1.165) is 6.42 Å². The molecule has 1 heterocycles. The average Bonchev–Trinajstić information content (AvgIpc) is 3.07. The van der Waals surface area contributed by atoms with E-state index in [9.17, 15) is 19.5 Å². The molecule has 0 aromatic heterocycles. The van der Waals surface area contributed by atoms with Crippen LogP contribution in [0.15, 0.2) is 30.4 Å². The minimum absolute atomic E-state index is 0.0541. The van der Waals surface area contributed by atoms with Crippen molar-refractivity contribution in [1.82, 2.24) is 0 Å². The molecule has 0 unspecified atom stereocenters. The van der Waals surface area contributed by atoms with Gasteiger partial charge in [0.05, 0.1) is 24.6 Å². The number of rotatable bonds is 5. The molecule has 3 rings (SSSR count). The maximum absolute atomic E-state index is 12.6. The van der Waals surface area contributed by atoms with E-state index in [1.165, 1.54) is 7.11 Å². The molecule has 2 N–H and O–H groups in total. The summed E-state index contributed by atoms with van der Waals surface area (Å²) in [6, 6.07) is 5.11. The van der Waals surface area contributed by atoms with Crippen LogP contribution in [0.2, 0.25) is 0 Å². The molecule has 138 valence electrons. The number of carboxylic acid groups (broad SMARTS) is 1. The van der Waals surface area contributed by atoms with Crippen molar-refractivity contribution in [2.24, 2.45) is 11.8 Å². The number of methoxy groups -OCH3 is 1. The number of nitrogens with one attached hydrogen (secondary N) is 1. The molecule has 0 bridgehead atoms. The van der Waals surface area contributed by atoms with E-state index in [1.54, 1.807) is 29.2 Å². The van der Waals surface area contributed by atoms with E-state index >= 15 is 0 Å². The summed E-state index contributed by atoms with van der Waals surface area (Å²) in [5.41, 5.74) is 1.19. The van der Waals surface area contributed by atoms with Crippen molar-refractivity contribution < 1.29 is 24.2 Å². The lowest BCUT2D eigenvalue weighted by atomic mass is 9.82. The van der Waals surface area contributed by atoms with Gasteiger partial charge >= 0.3 is 5.97 Å². The smallest absolute Gasteiger partial charge is 0.307 e. The number of carbonyl (C=O) groups excluding carboxylic acids is 2. The van der Waals surface area contributed by atoms with Gasteiger partial charge in [-0.3, -0.25) is 14.4 Å². The molecule has 2 aliphatic rings. The van der Waals surface area contributed by atoms with Crippen molar-refractivity contribution >= 4 is 29.2 Å². The van der Waals surface area contributed by atoms with Crippen LogP contribution in [-0.4, -0.2) is 36.5 Å². The summed E-state index contributed by atoms with van der Waals surface area (Å²) in [4.78, 5) is 37.6. The van der Waals surface area contributed by atoms with Crippen LogP contribution in [-0.2, 0) is 14.4 Å². The second-order valence-corrected chi connectivity index (χ2v) is 6.52. The first-order valence-electron chi connectivity index (χ1n) is 8.68. The molecular weight excluding hydrogens is 336 g/mol. The summed E-state index contributed by atoms with van der Waals surface area (Å²) in [7, 11) is 1.51. The second kappa shape index (κ2) is 7.59. The first kappa shape index (κ1) is 18.0. The number of benzene rings is 1. The highest BCUT2D eigenvalue weighted by Gasteiger charge is 2.34. The number of allylic oxidation sites excluding steroid dienone is 2. The molecule has 2 atom stereocenters. The minimum atomic E-state index is -0.963. The van der Waals surface area contributed by atoms with Crippen LogP contribution >= 0.6 is 0 Å². The lowest BCUT2D eigenvalue weighted by molar-refractivity contribution is -0.146. The molecule has 1 aromatic rings. The number of carboxylic acids is 1. The Kier molecular flexibility index (Phi) is 5.25. The van der Waals surface area contributed by atoms with Gasteiger partial charge in [-0.05, 0) is 31.4 Å². The normalized spacial score (nSPS) is 22.3. The minimum Gasteiger partial charge on any atom is -0.494 e. The fraction of sp³-hybridized carbons (Fsp3) is 0.421. The highest BCUT2D eigenvalue weighted by atomic mass is 16.5. The maximum atomic E-state index is 12.6. The molecule has 1 saturated heterocycles. The largest absolute Gasteiger partial charge is 0.494 e. The Hall–Kier alpha value is -2.83. The van der Waals surface area contributed by atoms with E-state index in [2.05, 4.69) is 5.32 Å². The summed E-state index contributed by atoms with van der Waals surface area (Å²) < 4.78 is 5.38. The van der Waals surface area contributed by atoms with Crippen LogP contribution in [0.5, 0.6) is 5.75 Å². The van der Waals surface area contributed by atoms with Crippen LogP contribution in [0, 0.1) is 11.8 Å². The fourth-order valence-corrected chi connectivity index (χ4v) is 3.49. The van der Waals surface area contributed by atoms with Crippen LogP contribution in [0.4, 0.5) is 11.4 Å². The number of hydrogen-bond donors (Lipinski definition) is 2. The third-order valence-corrected chi connectivity index (χ3v) is 4.90. The van der Waals surface area contributed by atoms with Crippen LogP contribution in [0.25, 0.3) is 0 Å². The Morgan fingerprint density at radius 1 is 1.23 bits per heavy atom. The van der Waals surface area contributed by atoms with Crippen LogP contribution < -0.4 is 15.0 Å².